The maximum absolute atomic E-state index is 11.8. The second-order valence-electron chi connectivity index (χ2n) is 6.18. The van der Waals surface area contributed by atoms with Crippen LogP contribution in [0.2, 0.25) is 0 Å². The molecule has 0 aromatic heterocycles. The molecule has 0 spiro atoms. The SMILES string of the molecule is CC(=O)SC1CC(=O)N(CCN(C)C(=O)OC(C)(C)C)C1. The van der Waals surface area contributed by atoms with E-state index in [0.717, 1.165) is 0 Å². The van der Waals surface area contributed by atoms with E-state index in [-0.39, 0.29) is 16.3 Å². The van der Waals surface area contributed by atoms with E-state index in [0.29, 0.717) is 26.1 Å². The van der Waals surface area contributed by atoms with E-state index >= 15 is 0 Å². The number of carbonyl (C=O) groups is 3. The molecule has 6 nitrogen and oxygen atoms in total. The minimum Gasteiger partial charge on any atom is -0.444 e. The Hall–Kier alpha value is -1.24. The fourth-order valence-electron chi connectivity index (χ4n) is 1.97. The molecule has 0 saturated carbocycles. The fraction of sp³-hybridized carbons (Fsp3) is 0.786. The Balaban J connectivity index is 2.39. The third kappa shape index (κ3) is 6.37. The number of likely N-dealkylation sites (tertiary alicyclic amines) is 1. The Kier molecular flexibility index (Phi) is 6.07. The number of thioether (sulfide) groups is 1. The van der Waals surface area contributed by atoms with Crippen LogP contribution in [-0.4, -0.2) is 64.4 Å². The number of hydrogen-bond acceptors (Lipinski definition) is 5. The lowest BCUT2D eigenvalue weighted by molar-refractivity contribution is -0.127. The smallest absolute Gasteiger partial charge is 0.410 e. The molecule has 1 atom stereocenters. The van der Waals surface area contributed by atoms with Gasteiger partial charge in [-0.3, -0.25) is 9.59 Å². The average Bonchev–Trinajstić information content (AvgIpc) is 2.63. The van der Waals surface area contributed by atoms with Crippen molar-refractivity contribution in [2.24, 2.45) is 0 Å². The van der Waals surface area contributed by atoms with Crippen molar-refractivity contribution in [1.82, 2.24) is 9.80 Å². The Bertz CT molecular complexity index is 420. The van der Waals surface area contributed by atoms with Crippen molar-refractivity contribution in [1.29, 1.82) is 0 Å². The van der Waals surface area contributed by atoms with Gasteiger partial charge in [0.05, 0.1) is 0 Å². The van der Waals surface area contributed by atoms with Crippen LogP contribution in [0.1, 0.15) is 34.1 Å². The average molecular weight is 316 g/mol. The molecule has 120 valence electrons. The van der Waals surface area contributed by atoms with Gasteiger partial charge in [-0.2, -0.15) is 0 Å². The molecule has 0 N–H and O–H groups in total. The van der Waals surface area contributed by atoms with E-state index < -0.39 is 11.7 Å². The van der Waals surface area contributed by atoms with Crippen LogP contribution < -0.4 is 0 Å². The predicted octanol–water partition coefficient (Wildman–Crippen LogP) is 1.73. The molecule has 1 fully saturated rings. The van der Waals surface area contributed by atoms with E-state index in [1.807, 2.05) is 20.8 Å². The number of nitrogens with zero attached hydrogens (tertiary/aromatic N) is 2. The van der Waals surface area contributed by atoms with Gasteiger partial charge in [0.25, 0.3) is 0 Å². The van der Waals surface area contributed by atoms with Gasteiger partial charge in [-0.05, 0) is 20.8 Å². The van der Waals surface area contributed by atoms with Crippen molar-refractivity contribution in [3.05, 3.63) is 0 Å². The third-order valence-corrected chi connectivity index (χ3v) is 3.90. The van der Waals surface area contributed by atoms with E-state index in [9.17, 15) is 14.4 Å². The summed E-state index contributed by atoms with van der Waals surface area (Å²) in [5.41, 5.74) is -0.530. The van der Waals surface area contributed by atoms with E-state index in [1.165, 1.54) is 23.6 Å². The molecule has 0 radical (unpaired) electrons. The highest BCUT2D eigenvalue weighted by Crippen LogP contribution is 2.23. The third-order valence-electron chi connectivity index (χ3n) is 2.92. The molecule has 1 rings (SSSR count). The zero-order chi connectivity index (χ0) is 16.2. The van der Waals surface area contributed by atoms with Gasteiger partial charge >= 0.3 is 6.09 Å². The van der Waals surface area contributed by atoms with Crippen molar-refractivity contribution in [2.75, 3.05) is 26.7 Å². The van der Waals surface area contributed by atoms with Crippen molar-refractivity contribution in [3.63, 3.8) is 0 Å². The van der Waals surface area contributed by atoms with Gasteiger partial charge in [0.15, 0.2) is 5.12 Å². The molecule has 1 aliphatic heterocycles. The van der Waals surface area contributed by atoms with Crippen LogP contribution >= 0.6 is 11.8 Å². The van der Waals surface area contributed by atoms with Crippen LogP contribution in [0.25, 0.3) is 0 Å². The van der Waals surface area contributed by atoms with Crippen molar-refractivity contribution >= 4 is 28.9 Å². The lowest BCUT2D eigenvalue weighted by atomic mass is 10.2. The standard InChI is InChI=1S/C14H24N2O4S/c1-10(17)21-11-8-12(18)16(9-11)7-6-15(5)13(19)20-14(2,3)4/h11H,6-9H2,1-5H3. The molecule has 1 unspecified atom stereocenters. The van der Waals surface area contributed by atoms with Crippen LogP contribution in [0.3, 0.4) is 0 Å². The Labute approximate surface area is 130 Å². The van der Waals surface area contributed by atoms with Crippen LogP contribution in [0, 0.1) is 0 Å². The molecule has 0 aromatic carbocycles. The van der Waals surface area contributed by atoms with Gasteiger partial charge < -0.3 is 14.5 Å². The highest BCUT2D eigenvalue weighted by Gasteiger charge is 2.31. The summed E-state index contributed by atoms with van der Waals surface area (Å²) >= 11 is 1.21. The van der Waals surface area contributed by atoms with Crippen LogP contribution in [0.15, 0.2) is 0 Å². The molecule has 1 saturated heterocycles. The lowest BCUT2D eigenvalue weighted by Gasteiger charge is -2.26. The summed E-state index contributed by atoms with van der Waals surface area (Å²) in [6.45, 7) is 8.38. The predicted molar refractivity (Wildman–Crippen MR) is 82.1 cm³/mol. The second-order valence-corrected chi connectivity index (χ2v) is 7.65. The first kappa shape index (κ1) is 17.8. The summed E-state index contributed by atoms with van der Waals surface area (Å²) in [5, 5.41) is 0.0577. The number of hydrogen-bond donors (Lipinski definition) is 0. The second kappa shape index (κ2) is 7.15. The Morgan fingerprint density at radius 2 is 2.05 bits per heavy atom. The normalized spacial score (nSPS) is 18.8. The zero-order valence-electron chi connectivity index (χ0n) is 13.3. The maximum atomic E-state index is 11.8. The number of carbonyl (C=O) groups excluding carboxylic acids is 3. The zero-order valence-corrected chi connectivity index (χ0v) is 14.2. The first-order chi connectivity index (χ1) is 9.58. The van der Waals surface area contributed by atoms with Crippen molar-refractivity contribution in [2.45, 2.75) is 45.0 Å². The maximum Gasteiger partial charge on any atom is 0.410 e. The van der Waals surface area contributed by atoms with E-state index in [1.54, 1.807) is 11.9 Å². The summed E-state index contributed by atoms with van der Waals surface area (Å²) in [6, 6.07) is 0. The minimum absolute atomic E-state index is 0.0283. The van der Waals surface area contributed by atoms with Crippen LogP contribution in [-0.2, 0) is 14.3 Å². The molecule has 0 aliphatic carbocycles. The van der Waals surface area contributed by atoms with Gasteiger partial charge in [0, 0.05) is 45.3 Å². The van der Waals surface area contributed by atoms with Crippen molar-refractivity contribution < 1.29 is 19.1 Å². The lowest BCUT2D eigenvalue weighted by Crippen LogP contribution is -2.39. The van der Waals surface area contributed by atoms with E-state index in [2.05, 4.69) is 0 Å². The number of ether oxygens (including phenoxy) is 1. The molecule has 0 bridgehead atoms. The molecular formula is C14H24N2O4S. The molecule has 2 amide bonds. The number of amides is 2. The van der Waals surface area contributed by atoms with Gasteiger partial charge in [0.2, 0.25) is 5.91 Å². The quantitative estimate of drug-likeness (QED) is 0.790. The molecule has 0 aromatic rings. The molecular weight excluding hydrogens is 292 g/mol. The number of likely N-dealkylation sites (N-methyl/N-ethyl adjacent to an activating group) is 1. The van der Waals surface area contributed by atoms with Gasteiger partial charge in [0.1, 0.15) is 5.60 Å². The molecule has 7 heteroatoms. The van der Waals surface area contributed by atoms with Gasteiger partial charge in [-0.15, -0.1) is 0 Å². The largest absolute Gasteiger partial charge is 0.444 e. The van der Waals surface area contributed by atoms with Crippen molar-refractivity contribution in [3.8, 4) is 0 Å². The minimum atomic E-state index is -0.530. The first-order valence-corrected chi connectivity index (χ1v) is 7.85. The fourth-order valence-corrected chi connectivity index (χ4v) is 2.92. The highest BCUT2D eigenvalue weighted by atomic mass is 32.2. The molecule has 1 heterocycles. The monoisotopic (exact) mass is 316 g/mol. The summed E-state index contributed by atoms with van der Waals surface area (Å²) in [5.74, 6) is 0.0336. The van der Waals surface area contributed by atoms with E-state index in [4.69, 9.17) is 4.74 Å². The van der Waals surface area contributed by atoms with Gasteiger partial charge in [-0.1, -0.05) is 11.8 Å². The summed E-state index contributed by atoms with van der Waals surface area (Å²) in [7, 11) is 1.65. The Morgan fingerprint density at radius 1 is 1.43 bits per heavy atom. The highest BCUT2D eigenvalue weighted by molar-refractivity contribution is 8.14. The summed E-state index contributed by atoms with van der Waals surface area (Å²) in [6.07, 6.45) is -0.00997. The van der Waals surface area contributed by atoms with Crippen LogP contribution in [0.4, 0.5) is 4.79 Å². The Morgan fingerprint density at radius 3 is 2.57 bits per heavy atom. The van der Waals surface area contributed by atoms with Crippen LogP contribution in [0.5, 0.6) is 0 Å². The first-order valence-electron chi connectivity index (χ1n) is 6.97. The molecule has 21 heavy (non-hydrogen) atoms. The number of rotatable bonds is 4. The molecule has 1 aliphatic rings. The summed E-state index contributed by atoms with van der Waals surface area (Å²) < 4.78 is 5.25. The topological polar surface area (TPSA) is 66.9 Å². The van der Waals surface area contributed by atoms with Gasteiger partial charge in [-0.25, -0.2) is 4.79 Å². The summed E-state index contributed by atoms with van der Waals surface area (Å²) in [4.78, 5) is 37.9.